The molecule has 0 aromatic carbocycles. The van der Waals surface area contributed by atoms with Crippen LogP contribution in [0.25, 0.3) is 0 Å². The van der Waals surface area contributed by atoms with Gasteiger partial charge in [0.25, 0.3) is 0 Å². The van der Waals surface area contributed by atoms with Crippen molar-refractivity contribution in [2.45, 2.75) is 77.0 Å². The highest BCUT2D eigenvalue weighted by molar-refractivity contribution is 5.95. The fourth-order valence-electron chi connectivity index (χ4n) is 9.58. The summed E-state index contributed by atoms with van der Waals surface area (Å²) in [4.78, 5) is 0. The SMILES string of the molecule is ON=C(C12CC3CC(CC(C3)C1)C2)C12CC3CC(CC(C3)C1)C2. The molecule has 8 aliphatic carbocycles. The van der Waals surface area contributed by atoms with Crippen LogP contribution in [0.1, 0.15) is 77.0 Å². The fraction of sp³-hybridized carbons (Fsp3) is 0.952. The zero-order valence-electron chi connectivity index (χ0n) is 14.3. The Balaban J connectivity index is 1.41. The van der Waals surface area contributed by atoms with Gasteiger partial charge in [-0.05, 0) is 113 Å². The fourth-order valence-corrected chi connectivity index (χ4v) is 9.58. The van der Waals surface area contributed by atoms with Crippen molar-refractivity contribution in [1.82, 2.24) is 0 Å². The van der Waals surface area contributed by atoms with E-state index in [4.69, 9.17) is 0 Å². The first kappa shape index (κ1) is 13.7. The minimum absolute atomic E-state index is 0.315. The Morgan fingerprint density at radius 2 is 0.826 bits per heavy atom. The van der Waals surface area contributed by atoms with Crippen LogP contribution in [-0.4, -0.2) is 10.9 Å². The summed E-state index contributed by atoms with van der Waals surface area (Å²) in [6.07, 6.45) is 17.1. The van der Waals surface area contributed by atoms with Crippen molar-refractivity contribution in [1.29, 1.82) is 0 Å². The molecule has 0 radical (unpaired) electrons. The second kappa shape index (κ2) is 4.35. The maximum atomic E-state index is 10.2. The van der Waals surface area contributed by atoms with Crippen molar-refractivity contribution < 1.29 is 5.21 Å². The van der Waals surface area contributed by atoms with Gasteiger partial charge in [-0.2, -0.15) is 0 Å². The van der Waals surface area contributed by atoms with Gasteiger partial charge in [0.15, 0.2) is 0 Å². The van der Waals surface area contributed by atoms with Gasteiger partial charge < -0.3 is 5.21 Å². The number of oxime groups is 1. The van der Waals surface area contributed by atoms with Gasteiger partial charge in [0.05, 0.1) is 5.71 Å². The molecule has 0 aliphatic heterocycles. The third kappa shape index (κ3) is 1.79. The standard InChI is InChI=1S/C21H31NO/c23-22-19(20-7-13-1-14(8-20)3-15(2-13)9-20)21-10-16-4-17(11-21)6-18(5-16)12-21/h13-18,23H,1-12H2. The Labute approximate surface area is 140 Å². The molecule has 126 valence electrons. The molecule has 0 aromatic rings. The summed E-state index contributed by atoms with van der Waals surface area (Å²) in [5, 5.41) is 14.4. The molecule has 0 spiro atoms. The second-order valence-electron chi connectivity index (χ2n) is 10.8. The van der Waals surface area contributed by atoms with Crippen LogP contribution in [0.4, 0.5) is 0 Å². The van der Waals surface area contributed by atoms with Crippen LogP contribution < -0.4 is 0 Å². The first-order chi connectivity index (χ1) is 11.2. The van der Waals surface area contributed by atoms with Crippen LogP contribution in [0.3, 0.4) is 0 Å². The van der Waals surface area contributed by atoms with E-state index in [9.17, 15) is 5.21 Å². The van der Waals surface area contributed by atoms with E-state index in [0.717, 1.165) is 35.5 Å². The monoisotopic (exact) mass is 313 g/mol. The summed E-state index contributed by atoms with van der Waals surface area (Å²) in [6, 6.07) is 0. The molecule has 2 nitrogen and oxygen atoms in total. The minimum atomic E-state index is 0.315. The molecule has 8 fully saturated rings. The summed E-state index contributed by atoms with van der Waals surface area (Å²) < 4.78 is 0. The molecule has 8 rings (SSSR count). The number of hydrogen-bond donors (Lipinski definition) is 1. The maximum Gasteiger partial charge on any atom is 0.0694 e. The quantitative estimate of drug-likeness (QED) is 0.421. The molecule has 8 bridgehead atoms. The van der Waals surface area contributed by atoms with Crippen LogP contribution in [-0.2, 0) is 0 Å². The molecule has 1 N–H and O–H groups in total. The van der Waals surface area contributed by atoms with E-state index in [0.29, 0.717) is 10.8 Å². The Morgan fingerprint density at radius 3 is 1.04 bits per heavy atom. The molecule has 0 unspecified atom stereocenters. The summed E-state index contributed by atoms with van der Waals surface area (Å²) in [6.45, 7) is 0. The number of nitrogens with zero attached hydrogens (tertiary/aromatic N) is 1. The Kier molecular flexibility index (Phi) is 2.60. The average molecular weight is 313 g/mol. The van der Waals surface area contributed by atoms with Gasteiger partial charge >= 0.3 is 0 Å². The van der Waals surface area contributed by atoms with Crippen LogP contribution >= 0.6 is 0 Å². The van der Waals surface area contributed by atoms with Gasteiger partial charge in [0.1, 0.15) is 0 Å². The van der Waals surface area contributed by atoms with Crippen molar-refractivity contribution in [2.24, 2.45) is 51.5 Å². The Morgan fingerprint density at radius 1 is 0.565 bits per heavy atom. The van der Waals surface area contributed by atoms with Crippen molar-refractivity contribution >= 4 is 5.71 Å². The Bertz CT molecular complexity index is 446. The van der Waals surface area contributed by atoms with Gasteiger partial charge in [-0.3, -0.25) is 0 Å². The van der Waals surface area contributed by atoms with Crippen LogP contribution in [0, 0.1) is 46.3 Å². The minimum Gasteiger partial charge on any atom is -0.411 e. The Hall–Kier alpha value is -0.530. The van der Waals surface area contributed by atoms with E-state index in [-0.39, 0.29) is 0 Å². The predicted molar refractivity (Wildman–Crippen MR) is 90.4 cm³/mol. The normalized spacial score (nSPS) is 58.6. The van der Waals surface area contributed by atoms with Crippen LogP contribution in [0.5, 0.6) is 0 Å². The number of rotatable bonds is 2. The lowest BCUT2D eigenvalue weighted by molar-refractivity contribution is -0.0476. The van der Waals surface area contributed by atoms with E-state index in [1.807, 2.05) is 0 Å². The third-order valence-electron chi connectivity index (χ3n) is 9.18. The maximum absolute atomic E-state index is 10.2. The molecule has 0 aromatic heterocycles. The topological polar surface area (TPSA) is 32.6 Å². The second-order valence-corrected chi connectivity index (χ2v) is 10.8. The van der Waals surface area contributed by atoms with Crippen molar-refractivity contribution in [3.63, 3.8) is 0 Å². The van der Waals surface area contributed by atoms with Crippen molar-refractivity contribution in [2.75, 3.05) is 0 Å². The van der Waals surface area contributed by atoms with E-state index >= 15 is 0 Å². The molecule has 0 amide bonds. The molecule has 8 saturated carbocycles. The van der Waals surface area contributed by atoms with Gasteiger partial charge in [-0.15, -0.1) is 0 Å². The molecular formula is C21H31NO. The molecular weight excluding hydrogens is 282 g/mol. The third-order valence-corrected chi connectivity index (χ3v) is 9.18. The zero-order chi connectivity index (χ0) is 15.2. The van der Waals surface area contributed by atoms with Crippen LogP contribution in [0.15, 0.2) is 5.16 Å². The zero-order valence-corrected chi connectivity index (χ0v) is 14.3. The summed E-state index contributed by atoms with van der Waals surface area (Å²) in [5.41, 5.74) is 1.97. The molecule has 23 heavy (non-hydrogen) atoms. The molecule has 2 heteroatoms. The molecule has 0 atom stereocenters. The first-order valence-electron chi connectivity index (χ1n) is 10.4. The summed E-state index contributed by atoms with van der Waals surface area (Å²) >= 11 is 0. The largest absolute Gasteiger partial charge is 0.411 e. The van der Waals surface area contributed by atoms with Gasteiger partial charge in [0, 0.05) is 10.8 Å². The lowest BCUT2D eigenvalue weighted by Crippen LogP contribution is -2.58. The van der Waals surface area contributed by atoms with E-state index in [2.05, 4.69) is 5.16 Å². The highest BCUT2D eigenvalue weighted by atomic mass is 16.4. The highest BCUT2D eigenvalue weighted by Gasteiger charge is 2.61. The first-order valence-corrected chi connectivity index (χ1v) is 10.4. The summed E-state index contributed by atoms with van der Waals surface area (Å²) in [5.74, 6) is 5.71. The van der Waals surface area contributed by atoms with Crippen molar-refractivity contribution in [3.05, 3.63) is 0 Å². The predicted octanol–water partition coefficient (Wildman–Crippen LogP) is 5.25. The van der Waals surface area contributed by atoms with E-state index < -0.39 is 0 Å². The lowest BCUT2D eigenvalue weighted by atomic mass is 9.41. The molecule has 8 aliphatic rings. The van der Waals surface area contributed by atoms with Crippen LogP contribution in [0.2, 0.25) is 0 Å². The smallest absolute Gasteiger partial charge is 0.0694 e. The summed E-state index contributed by atoms with van der Waals surface area (Å²) in [7, 11) is 0. The van der Waals surface area contributed by atoms with E-state index in [1.54, 1.807) is 0 Å². The van der Waals surface area contributed by atoms with Gasteiger partial charge in [0.2, 0.25) is 0 Å². The molecule has 0 heterocycles. The average Bonchev–Trinajstić information content (AvgIpc) is 2.43. The van der Waals surface area contributed by atoms with Gasteiger partial charge in [-0.1, -0.05) is 5.16 Å². The number of hydrogen-bond acceptors (Lipinski definition) is 2. The highest BCUT2D eigenvalue weighted by Crippen LogP contribution is 2.67. The molecule has 0 saturated heterocycles. The van der Waals surface area contributed by atoms with Gasteiger partial charge in [-0.25, -0.2) is 0 Å². The van der Waals surface area contributed by atoms with E-state index in [1.165, 1.54) is 82.8 Å². The lowest BCUT2D eigenvalue weighted by Gasteiger charge is -2.63. The van der Waals surface area contributed by atoms with Crippen molar-refractivity contribution in [3.8, 4) is 0 Å².